The number of hydrogen-bond acceptors (Lipinski definition) is 6. The van der Waals surface area contributed by atoms with Crippen molar-refractivity contribution >= 4 is 16.7 Å². The fourth-order valence-electron chi connectivity index (χ4n) is 3.32. The van der Waals surface area contributed by atoms with Crippen LogP contribution in [0.3, 0.4) is 0 Å². The molecule has 0 amide bonds. The second-order valence-electron chi connectivity index (χ2n) is 6.54. The van der Waals surface area contributed by atoms with Gasteiger partial charge in [-0.05, 0) is 31.2 Å². The van der Waals surface area contributed by atoms with Crippen LogP contribution < -0.4 is 20.6 Å². The number of benzene rings is 1. The molecule has 0 aliphatic carbocycles. The van der Waals surface area contributed by atoms with Crippen molar-refractivity contribution in [2.75, 3.05) is 31.6 Å². The maximum Gasteiger partial charge on any atom is 0.345 e. The molecule has 1 saturated heterocycles. The predicted molar refractivity (Wildman–Crippen MR) is 102 cm³/mol. The van der Waals surface area contributed by atoms with Crippen LogP contribution >= 0.6 is 0 Å². The fraction of sp³-hybridized carbons (Fsp3) is 0.300. The van der Waals surface area contributed by atoms with E-state index in [9.17, 15) is 4.79 Å². The molecule has 1 aromatic carbocycles. The molecule has 3 heterocycles. The summed E-state index contributed by atoms with van der Waals surface area (Å²) in [4.78, 5) is 19.1. The first-order valence-corrected chi connectivity index (χ1v) is 8.72. The molecule has 1 unspecified atom stereocenters. The summed E-state index contributed by atoms with van der Waals surface area (Å²) in [6.07, 6.45) is 0. The van der Waals surface area contributed by atoms with Gasteiger partial charge in [-0.25, -0.2) is 9.78 Å². The number of rotatable bonds is 3. The van der Waals surface area contributed by atoms with Crippen LogP contribution in [0, 0.1) is 0 Å². The van der Waals surface area contributed by atoms with Gasteiger partial charge in [-0.15, -0.1) is 0 Å². The number of methoxy groups -OCH3 is 1. The van der Waals surface area contributed by atoms with Gasteiger partial charge in [0.1, 0.15) is 5.58 Å². The number of aromatic nitrogens is 1. The van der Waals surface area contributed by atoms with Gasteiger partial charge in [-0.1, -0.05) is 6.07 Å². The lowest BCUT2D eigenvalue weighted by molar-refractivity contribution is 0.398. The molecule has 3 aromatic rings. The average molecular weight is 351 g/mol. The van der Waals surface area contributed by atoms with Gasteiger partial charge in [-0.3, -0.25) is 0 Å². The highest BCUT2D eigenvalue weighted by Crippen LogP contribution is 2.25. The molecule has 6 nitrogen and oxygen atoms in total. The Bertz CT molecular complexity index is 999. The van der Waals surface area contributed by atoms with Crippen LogP contribution in [0.1, 0.15) is 6.92 Å². The number of hydrogen-bond donors (Lipinski definition) is 1. The molecule has 0 radical (unpaired) electrons. The lowest BCUT2D eigenvalue weighted by Crippen LogP contribution is -2.49. The van der Waals surface area contributed by atoms with Crippen LogP contribution in [0.5, 0.6) is 5.88 Å². The van der Waals surface area contributed by atoms with Gasteiger partial charge in [-0.2, -0.15) is 0 Å². The van der Waals surface area contributed by atoms with Crippen molar-refractivity contribution in [2.45, 2.75) is 13.0 Å². The van der Waals surface area contributed by atoms with Crippen LogP contribution in [0.25, 0.3) is 22.2 Å². The van der Waals surface area contributed by atoms with Gasteiger partial charge in [0.2, 0.25) is 5.88 Å². The second-order valence-corrected chi connectivity index (χ2v) is 6.54. The Labute approximate surface area is 151 Å². The summed E-state index contributed by atoms with van der Waals surface area (Å²) < 4.78 is 10.7. The SMILES string of the molecule is COc1cccc(-c2cc3ccc(N4CCNC(C)C4)cc3oc2=O)n1. The minimum Gasteiger partial charge on any atom is -0.481 e. The fourth-order valence-corrected chi connectivity index (χ4v) is 3.32. The van der Waals surface area contributed by atoms with E-state index < -0.39 is 5.63 Å². The maximum atomic E-state index is 12.5. The molecular formula is C20H21N3O3. The van der Waals surface area contributed by atoms with Gasteiger partial charge >= 0.3 is 5.63 Å². The Morgan fingerprint density at radius 1 is 1.27 bits per heavy atom. The van der Waals surface area contributed by atoms with Crippen molar-refractivity contribution < 1.29 is 9.15 Å². The first-order chi connectivity index (χ1) is 12.6. The van der Waals surface area contributed by atoms with Crippen molar-refractivity contribution in [1.29, 1.82) is 0 Å². The van der Waals surface area contributed by atoms with Gasteiger partial charge in [0, 0.05) is 48.9 Å². The second kappa shape index (κ2) is 6.80. The third-order valence-electron chi connectivity index (χ3n) is 4.66. The first kappa shape index (κ1) is 16.6. The Kier molecular flexibility index (Phi) is 4.34. The molecule has 1 atom stereocenters. The Balaban J connectivity index is 1.74. The molecule has 0 bridgehead atoms. The Morgan fingerprint density at radius 2 is 2.15 bits per heavy atom. The molecule has 4 rings (SSSR count). The monoisotopic (exact) mass is 351 g/mol. The zero-order chi connectivity index (χ0) is 18.1. The number of ether oxygens (including phenoxy) is 1. The number of fused-ring (bicyclic) bond motifs is 1. The van der Waals surface area contributed by atoms with Gasteiger partial charge in [0.25, 0.3) is 0 Å². The van der Waals surface area contributed by atoms with E-state index in [2.05, 4.69) is 28.2 Å². The van der Waals surface area contributed by atoms with Gasteiger partial charge < -0.3 is 19.4 Å². The molecule has 1 aliphatic rings. The third kappa shape index (κ3) is 3.15. The summed E-state index contributed by atoms with van der Waals surface area (Å²) in [7, 11) is 1.55. The number of pyridine rings is 1. The lowest BCUT2D eigenvalue weighted by atomic mass is 10.1. The zero-order valence-corrected chi connectivity index (χ0v) is 14.9. The van der Waals surface area contributed by atoms with Gasteiger partial charge in [0.15, 0.2) is 0 Å². The molecule has 26 heavy (non-hydrogen) atoms. The Hall–Kier alpha value is -2.86. The standard InChI is InChI=1S/C20H21N3O3/c1-13-12-23(9-8-21-13)15-7-6-14-10-16(20(24)26-18(14)11-15)17-4-3-5-19(22-17)25-2/h3-7,10-11,13,21H,8-9,12H2,1-2H3. The smallest absolute Gasteiger partial charge is 0.345 e. The molecule has 134 valence electrons. The van der Waals surface area contributed by atoms with E-state index in [1.807, 2.05) is 18.2 Å². The highest BCUT2D eigenvalue weighted by Gasteiger charge is 2.17. The third-order valence-corrected chi connectivity index (χ3v) is 4.66. The quantitative estimate of drug-likeness (QED) is 0.732. The van der Waals surface area contributed by atoms with Crippen LogP contribution in [-0.4, -0.2) is 37.8 Å². The minimum atomic E-state index is -0.399. The zero-order valence-electron chi connectivity index (χ0n) is 14.9. The summed E-state index contributed by atoms with van der Waals surface area (Å²) in [5.74, 6) is 0.463. The van der Waals surface area contributed by atoms with E-state index in [-0.39, 0.29) is 0 Å². The predicted octanol–water partition coefficient (Wildman–Crippen LogP) is 2.66. The molecule has 1 fully saturated rings. The molecule has 1 aliphatic heterocycles. The largest absolute Gasteiger partial charge is 0.481 e. The van der Waals surface area contributed by atoms with Crippen molar-refractivity contribution in [1.82, 2.24) is 10.3 Å². The van der Waals surface area contributed by atoms with Crippen LogP contribution in [0.15, 0.2) is 51.7 Å². The van der Waals surface area contributed by atoms with E-state index in [0.717, 1.165) is 30.7 Å². The summed E-state index contributed by atoms with van der Waals surface area (Å²) >= 11 is 0. The van der Waals surface area contributed by atoms with E-state index >= 15 is 0 Å². The van der Waals surface area contributed by atoms with Gasteiger partial charge in [0.05, 0.1) is 18.4 Å². The lowest BCUT2D eigenvalue weighted by Gasteiger charge is -2.33. The molecular weight excluding hydrogens is 330 g/mol. The van der Waals surface area contributed by atoms with E-state index in [1.54, 1.807) is 25.3 Å². The summed E-state index contributed by atoms with van der Waals surface area (Å²) in [6.45, 7) is 4.98. The molecule has 6 heteroatoms. The Morgan fingerprint density at radius 3 is 2.96 bits per heavy atom. The van der Waals surface area contributed by atoms with Crippen LogP contribution in [0.4, 0.5) is 5.69 Å². The van der Waals surface area contributed by atoms with Crippen molar-refractivity contribution in [3.63, 3.8) is 0 Å². The van der Waals surface area contributed by atoms with E-state index in [4.69, 9.17) is 9.15 Å². The highest BCUT2D eigenvalue weighted by molar-refractivity contribution is 5.84. The van der Waals surface area contributed by atoms with Crippen molar-refractivity contribution in [2.24, 2.45) is 0 Å². The van der Waals surface area contributed by atoms with Crippen LogP contribution in [0.2, 0.25) is 0 Å². The van der Waals surface area contributed by atoms with E-state index in [0.29, 0.717) is 28.8 Å². The normalized spacial score (nSPS) is 17.5. The average Bonchev–Trinajstić information content (AvgIpc) is 2.67. The maximum absolute atomic E-state index is 12.5. The topological polar surface area (TPSA) is 67.6 Å². The number of nitrogens with zero attached hydrogens (tertiary/aromatic N) is 2. The summed E-state index contributed by atoms with van der Waals surface area (Å²) in [5, 5.41) is 4.30. The molecule has 0 saturated carbocycles. The summed E-state index contributed by atoms with van der Waals surface area (Å²) in [5.41, 5.74) is 2.23. The van der Waals surface area contributed by atoms with Crippen LogP contribution in [-0.2, 0) is 0 Å². The molecule has 2 aromatic heterocycles. The molecule has 0 spiro atoms. The van der Waals surface area contributed by atoms with Crippen molar-refractivity contribution in [3.8, 4) is 17.1 Å². The minimum absolute atomic E-state index is 0.399. The number of anilines is 1. The first-order valence-electron chi connectivity index (χ1n) is 8.72. The number of nitrogens with one attached hydrogen (secondary N) is 1. The highest BCUT2D eigenvalue weighted by atomic mass is 16.5. The number of piperazine rings is 1. The molecule has 1 N–H and O–H groups in total. The van der Waals surface area contributed by atoms with Crippen molar-refractivity contribution in [3.05, 3.63) is 52.9 Å². The van der Waals surface area contributed by atoms with E-state index in [1.165, 1.54) is 0 Å². The summed E-state index contributed by atoms with van der Waals surface area (Å²) in [6, 6.07) is 13.6.